The zero-order chi connectivity index (χ0) is 14.9. The maximum atomic E-state index is 12.3. The van der Waals surface area contributed by atoms with Crippen LogP contribution < -0.4 is 5.32 Å². The van der Waals surface area contributed by atoms with Crippen LogP contribution in [0.1, 0.15) is 39.9 Å². The summed E-state index contributed by atoms with van der Waals surface area (Å²) in [6.45, 7) is 8.28. The lowest BCUT2D eigenvalue weighted by atomic mass is 9.96. The van der Waals surface area contributed by atoms with Crippen molar-refractivity contribution in [3.05, 3.63) is 12.2 Å². The number of hydrogen-bond acceptors (Lipinski definition) is 4. The van der Waals surface area contributed by atoms with Crippen LogP contribution in [0.3, 0.4) is 0 Å². The predicted octanol–water partition coefficient (Wildman–Crippen LogP) is 0.314. The first-order chi connectivity index (χ1) is 9.37. The predicted molar refractivity (Wildman–Crippen MR) is 72.5 cm³/mol. The Morgan fingerprint density at radius 2 is 2.10 bits per heavy atom. The van der Waals surface area contributed by atoms with Gasteiger partial charge < -0.3 is 10.2 Å². The maximum absolute atomic E-state index is 12.3. The van der Waals surface area contributed by atoms with E-state index in [9.17, 15) is 9.59 Å². The van der Waals surface area contributed by atoms with Crippen molar-refractivity contribution in [1.82, 2.24) is 25.0 Å². The van der Waals surface area contributed by atoms with Gasteiger partial charge in [0.1, 0.15) is 23.7 Å². The standard InChI is InChI=1S/C13H21N5O2/c1-5-6-18-10(14-8-15-18)7-17-11(19)9(2)16-12(20)13(17,3)4/h8-9H,5-7H2,1-4H3,(H,16,20). The molecule has 2 amide bonds. The molecule has 2 rings (SSSR count). The molecular weight excluding hydrogens is 258 g/mol. The second-order valence-electron chi connectivity index (χ2n) is 5.58. The van der Waals surface area contributed by atoms with E-state index >= 15 is 0 Å². The molecule has 0 saturated carbocycles. The molecular formula is C13H21N5O2. The molecule has 0 radical (unpaired) electrons. The second-order valence-corrected chi connectivity index (χ2v) is 5.58. The van der Waals surface area contributed by atoms with E-state index in [0.717, 1.165) is 13.0 Å². The monoisotopic (exact) mass is 279 g/mol. The van der Waals surface area contributed by atoms with Crippen molar-refractivity contribution >= 4 is 11.8 Å². The summed E-state index contributed by atoms with van der Waals surface area (Å²) in [7, 11) is 0. The van der Waals surface area contributed by atoms with E-state index < -0.39 is 11.6 Å². The Kier molecular flexibility index (Phi) is 3.78. The molecule has 1 aromatic rings. The molecule has 0 bridgehead atoms. The van der Waals surface area contributed by atoms with E-state index in [-0.39, 0.29) is 11.8 Å². The highest BCUT2D eigenvalue weighted by molar-refractivity contribution is 5.98. The summed E-state index contributed by atoms with van der Waals surface area (Å²) in [6.07, 6.45) is 2.42. The Bertz CT molecular complexity index is 523. The van der Waals surface area contributed by atoms with Crippen LogP contribution >= 0.6 is 0 Å². The molecule has 7 nitrogen and oxygen atoms in total. The zero-order valence-electron chi connectivity index (χ0n) is 12.4. The van der Waals surface area contributed by atoms with Crippen molar-refractivity contribution in [1.29, 1.82) is 0 Å². The van der Waals surface area contributed by atoms with Gasteiger partial charge in [-0.15, -0.1) is 0 Å². The molecule has 1 aromatic heterocycles. The number of piperazine rings is 1. The number of aromatic nitrogens is 3. The third-order valence-electron chi connectivity index (χ3n) is 3.65. The SMILES string of the molecule is CCCn1ncnc1CN1C(=O)C(C)NC(=O)C1(C)C. The fourth-order valence-electron chi connectivity index (χ4n) is 2.29. The molecule has 1 aliphatic heterocycles. The molecule has 0 spiro atoms. The number of nitrogens with zero attached hydrogens (tertiary/aromatic N) is 4. The lowest BCUT2D eigenvalue weighted by Gasteiger charge is -2.43. The highest BCUT2D eigenvalue weighted by atomic mass is 16.2. The number of aryl methyl sites for hydroxylation is 1. The fraction of sp³-hybridized carbons (Fsp3) is 0.692. The minimum absolute atomic E-state index is 0.0966. The van der Waals surface area contributed by atoms with Crippen LogP contribution in [0.25, 0.3) is 0 Å². The van der Waals surface area contributed by atoms with Gasteiger partial charge in [-0.25, -0.2) is 9.67 Å². The van der Waals surface area contributed by atoms with Gasteiger partial charge in [-0.05, 0) is 27.2 Å². The molecule has 2 heterocycles. The molecule has 0 aliphatic carbocycles. The highest BCUT2D eigenvalue weighted by Crippen LogP contribution is 2.23. The average Bonchev–Trinajstić information content (AvgIpc) is 2.81. The lowest BCUT2D eigenvalue weighted by molar-refractivity contribution is -0.155. The van der Waals surface area contributed by atoms with Crippen LogP contribution in [-0.4, -0.2) is 43.1 Å². The number of rotatable bonds is 4. The number of nitrogens with one attached hydrogen (secondary N) is 1. The molecule has 1 unspecified atom stereocenters. The minimum Gasteiger partial charge on any atom is -0.343 e. The van der Waals surface area contributed by atoms with Gasteiger partial charge in [0, 0.05) is 6.54 Å². The Morgan fingerprint density at radius 1 is 1.40 bits per heavy atom. The van der Waals surface area contributed by atoms with Gasteiger partial charge in [0.2, 0.25) is 11.8 Å². The molecule has 1 aliphatic rings. The third-order valence-corrected chi connectivity index (χ3v) is 3.65. The van der Waals surface area contributed by atoms with E-state index in [1.165, 1.54) is 6.33 Å². The van der Waals surface area contributed by atoms with Crippen molar-refractivity contribution in [3.63, 3.8) is 0 Å². The van der Waals surface area contributed by atoms with E-state index in [0.29, 0.717) is 12.4 Å². The van der Waals surface area contributed by atoms with E-state index in [4.69, 9.17) is 0 Å². The first kappa shape index (κ1) is 14.5. The van der Waals surface area contributed by atoms with Crippen molar-refractivity contribution in [2.75, 3.05) is 0 Å². The summed E-state index contributed by atoms with van der Waals surface area (Å²) < 4.78 is 1.78. The first-order valence-corrected chi connectivity index (χ1v) is 6.87. The average molecular weight is 279 g/mol. The van der Waals surface area contributed by atoms with Crippen LogP contribution in [-0.2, 0) is 22.7 Å². The van der Waals surface area contributed by atoms with E-state index in [1.807, 2.05) is 0 Å². The summed E-state index contributed by atoms with van der Waals surface area (Å²) in [6, 6.07) is -0.502. The van der Waals surface area contributed by atoms with Gasteiger partial charge in [0.05, 0.1) is 6.54 Å². The molecule has 1 N–H and O–H groups in total. The number of hydrogen-bond donors (Lipinski definition) is 1. The van der Waals surface area contributed by atoms with Gasteiger partial charge in [-0.1, -0.05) is 6.92 Å². The molecule has 1 fully saturated rings. The number of carbonyl (C=O) groups is 2. The van der Waals surface area contributed by atoms with Crippen molar-refractivity contribution in [2.45, 2.75) is 58.8 Å². The quantitative estimate of drug-likeness (QED) is 0.860. The van der Waals surface area contributed by atoms with Gasteiger partial charge >= 0.3 is 0 Å². The van der Waals surface area contributed by atoms with Crippen LogP contribution in [0.4, 0.5) is 0 Å². The van der Waals surface area contributed by atoms with Crippen LogP contribution in [0.2, 0.25) is 0 Å². The van der Waals surface area contributed by atoms with Crippen molar-refractivity contribution in [3.8, 4) is 0 Å². The molecule has 7 heteroatoms. The van der Waals surface area contributed by atoms with E-state index in [2.05, 4.69) is 22.3 Å². The van der Waals surface area contributed by atoms with Crippen LogP contribution in [0.15, 0.2) is 6.33 Å². The Morgan fingerprint density at radius 3 is 2.75 bits per heavy atom. The molecule has 1 saturated heterocycles. The summed E-state index contributed by atoms with van der Waals surface area (Å²) in [5, 5.41) is 6.84. The summed E-state index contributed by atoms with van der Waals surface area (Å²) in [5.74, 6) is 0.460. The smallest absolute Gasteiger partial charge is 0.246 e. The van der Waals surface area contributed by atoms with Crippen LogP contribution in [0, 0.1) is 0 Å². The normalized spacial score (nSPS) is 22.0. The Labute approximate surface area is 118 Å². The first-order valence-electron chi connectivity index (χ1n) is 6.87. The van der Waals surface area contributed by atoms with Gasteiger partial charge in [-0.2, -0.15) is 5.10 Å². The second kappa shape index (κ2) is 5.22. The van der Waals surface area contributed by atoms with Crippen molar-refractivity contribution < 1.29 is 9.59 Å². The summed E-state index contributed by atoms with van der Waals surface area (Å²) >= 11 is 0. The molecule has 110 valence electrons. The minimum atomic E-state index is -0.882. The zero-order valence-corrected chi connectivity index (χ0v) is 12.4. The van der Waals surface area contributed by atoms with Crippen LogP contribution in [0.5, 0.6) is 0 Å². The van der Waals surface area contributed by atoms with Crippen molar-refractivity contribution in [2.24, 2.45) is 0 Å². The largest absolute Gasteiger partial charge is 0.343 e. The Balaban J connectivity index is 2.27. The topological polar surface area (TPSA) is 80.1 Å². The third kappa shape index (κ3) is 2.39. The fourth-order valence-corrected chi connectivity index (χ4v) is 2.29. The van der Waals surface area contributed by atoms with Gasteiger partial charge in [-0.3, -0.25) is 9.59 Å². The summed E-state index contributed by atoms with van der Waals surface area (Å²) in [5.41, 5.74) is -0.882. The maximum Gasteiger partial charge on any atom is 0.246 e. The summed E-state index contributed by atoms with van der Waals surface area (Å²) in [4.78, 5) is 30.2. The molecule has 0 aromatic carbocycles. The van der Waals surface area contributed by atoms with Gasteiger partial charge in [0.25, 0.3) is 0 Å². The number of carbonyl (C=O) groups excluding carboxylic acids is 2. The van der Waals surface area contributed by atoms with E-state index in [1.54, 1.807) is 30.4 Å². The number of amides is 2. The molecule has 20 heavy (non-hydrogen) atoms. The van der Waals surface area contributed by atoms with Gasteiger partial charge in [0.15, 0.2) is 0 Å². The highest BCUT2D eigenvalue weighted by Gasteiger charge is 2.45. The Hall–Kier alpha value is -1.92. The lowest BCUT2D eigenvalue weighted by Crippen LogP contribution is -2.67. The molecule has 1 atom stereocenters.